The number of ether oxygens (including phenoxy) is 1. The maximum absolute atomic E-state index is 13.8. The first-order chi connectivity index (χ1) is 6.10. The summed E-state index contributed by atoms with van der Waals surface area (Å²) in [7, 11) is 0. The monoisotopic (exact) mass is 187 g/mol. The lowest BCUT2D eigenvalue weighted by molar-refractivity contribution is -0.152. The van der Waals surface area contributed by atoms with Gasteiger partial charge in [-0.1, -0.05) is 0 Å². The van der Waals surface area contributed by atoms with Gasteiger partial charge in [0.2, 0.25) is 5.67 Å². The van der Waals surface area contributed by atoms with E-state index in [0.29, 0.717) is 12.8 Å². The van der Waals surface area contributed by atoms with E-state index in [4.69, 9.17) is 5.73 Å². The van der Waals surface area contributed by atoms with Crippen LogP contribution in [0, 0.1) is 11.8 Å². The predicted octanol–water partition coefficient (Wildman–Crippen LogP) is 0.625. The highest BCUT2D eigenvalue weighted by molar-refractivity contribution is 5.84. The molecule has 2 saturated carbocycles. The maximum atomic E-state index is 13.8. The summed E-state index contributed by atoms with van der Waals surface area (Å²) in [6, 6.07) is 0.0771. The molecule has 0 radical (unpaired) electrons. The Labute approximate surface area is 76.4 Å². The molecule has 4 heteroatoms. The van der Waals surface area contributed by atoms with Gasteiger partial charge in [-0.15, -0.1) is 0 Å². The minimum atomic E-state index is -1.69. The van der Waals surface area contributed by atoms with Crippen molar-refractivity contribution in [1.29, 1.82) is 0 Å². The molecule has 0 aromatic heterocycles. The lowest BCUT2D eigenvalue weighted by atomic mass is 10.1. The van der Waals surface area contributed by atoms with Gasteiger partial charge in [0.25, 0.3) is 0 Å². The molecule has 0 aliphatic heterocycles. The summed E-state index contributed by atoms with van der Waals surface area (Å²) in [5, 5.41) is 0. The third-order valence-corrected chi connectivity index (χ3v) is 3.16. The molecular weight excluding hydrogens is 173 g/mol. The average Bonchev–Trinajstić information content (AvgIpc) is 2.45. The SMILES string of the molecule is CCOC(=O)C1(F)[C@@H]2CC(N)C[C@H]21. The molecule has 2 fully saturated rings. The van der Waals surface area contributed by atoms with Gasteiger partial charge in [0.05, 0.1) is 6.61 Å². The standard InChI is InChI=1S/C9H14FNO2/c1-2-13-8(12)9(10)6-3-5(11)4-7(6)9/h5-7H,2-4,11H2,1H3/t5?,6-,7-,9?/m1/s1. The summed E-state index contributed by atoms with van der Waals surface area (Å²) in [4.78, 5) is 11.2. The number of hydrogen-bond acceptors (Lipinski definition) is 3. The summed E-state index contributed by atoms with van der Waals surface area (Å²) >= 11 is 0. The Bertz CT molecular complexity index is 232. The van der Waals surface area contributed by atoms with Crippen LogP contribution in [-0.4, -0.2) is 24.3 Å². The van der Waals surface area contributed by atoms with Crippen LogP contribution in [0.15, 0.2) is 0 Å². The van der Waals surface area contributed by atoms with Crippen LogP contribution in [0.25, 0.3) is 0 Å². The summed E-state index contributed by atoms with van der Waals surface area (Å²) < 4.78 is 18.5. The van der Waals surface area contributed by atoms with Gasteiger partial charge in [-0.25, -0.2) is 9.18 Å². The van der Waals surface area contributed by atoms with Crippen molar-refractivity contribution in [2.24, 2.45) is 17.6 Å². The van der Waals surface area contributed by atoms with Crippen molar-refractivity contribution in [1.82, 2.24) is 0 Å². The van der Waals surface area contributed by atoms with Crippen LogP contribution in [-0.2, 0) is 9.53 Å². The zero-order valence-electron chi connectivity index (χ0n) is 7.63. The molecule has 2 rings (SSSR count). The van der Waals surface area contributed by atoms with E-state index < -0.39 is 11.6 Å². The maximum Gasteiger partial charge on any atom is 0.344 e. The van der Waals surface area contributed by atoms with E-state index in [0.717, 1.165) is 0 Å². The fourth-order valence-electron chi connectivity index (χ4n) is 2.46. The van der Waals surface area contributed by atoms with Crippen LogP contribution in [0.3, 0.4) is 0 Å². The lowest BCUT2D eigenvalue weighted by Crippen LogP contribution is -2.30. The van der Waals surface area contributed by atoms with Gasteiger partial charge < -0.3 is 10.5 Å². The van der Waals surface area contributed by atoms with Crippen molar-refractivity contribution >= 4 is 5.97 Å². The summed E-state index contributed by atoms with van der Waals surface area (Å²) in [6.07, 6.45) is 1.25. The van der Waals surface area contributed by atoms with Gasteiger partial charge in [-0.3, -0.25) is 0 Å². The second-order valence-electron chi connectivity index (χ2n) is 3.93. The zero-order chi connectivity index (χ0) is 9.64. The summed E-state index contributed by atoms with van der Waals surface area (Å²) in [5.74, 6) is -1.01. The van der Waals surface area contributed by atoms with Crippen molar-refractivity contribution in [3.05, 3.63) is 0 Å². The van der Waals surface area contributed by atoms with Gasteiger partial charge >= 0.3 is 5.97 Å². The van der Waals surface area contributed by atoms with Crippen molar-refractivity contribution in [2.45, 2.75) is 31.5 Å². The Morgan fingerprint density at radius 1 is 1.62 bits per heavy atom. The number of nitrogens with two attached hydrogens (primary N) is 1. The number of esters is 1. The molecule has 0 spiro atoms. The Hall–Kier alpha value is -0.640. The van der Waals surface area contributed by atoms with Crippen LogP contribution < -0.4 is 5.73 Å². The Morgan fingerprint density at radius 3 is 2.62 bits per heavy atom. The third kappa shape index (κ3) is 1.08. The molecular formula is C9H14FNO2. The number of hydrogen-bond donors (Lipinski definition) is 1. The molecule has 2 atom stereocenters. The van der Waals surface area contributed by atoms with Crippen LogP contribution in [0.1, 0.15) is 19.8 Å². The number of carbonyl (C=O) groups is 1. The Kier molecular flexibility index (Phi) is 1.84. The fourth-order valence-corrected chi connectivity index (χ4v) is 2.46. The molecule has 0 aromatic carbocycles. The first-order valence-electron chi connectivity index (χ1n) is 4.72. The first-order valence-corrected chi connectivity index (χ1v) is 4.72. The van der Waals surface area contributed by atoms with Crippen molar-refractivity contribution in [3.63, 3.8) is 0 Å². The molecule has 2 aliphatic carbocycles. The minimum absolute atomic E-state index is 0.0771. The number of halogens is 1. The highest BCUT2D eigenvalue weighted by atomic mass is 19.1. The Balaban J connectivity index is 1.99. The highest BCUT2D eigenvalue weighted by Crippen LogP contribution is 2.63. The third-order valence-electron chi connectivity index (χ3n) is 3.16. The number of carbonyl (C=O) groups excluding carboxylic acids is 1. The van der Waals surface area contributed by atoms with E-state index in [1.54, 1.807) is 6.92 Å². The zero-order valence-corrected chi connectivity index (χ0v) is 7.63. The number of rotatable bonds is 2. The normalized spacial score (nSPS) is 43.0. The summed E-state index contributed by atoms with van der Waals surface area (Å²) in [6.45, 7) is 1.93. The van der Waals surface area contributed by atoms with Gasteiger partial charge in [-0.05, 0) is 19.8 Å². The largest absolute Gasteiger partial charge is 0.464 e. The van der Waals surface area contributed by atoms with Crippen LogP contribution in [0.2, 0.25) is 0 Å². The quantitative estimate of drug-likeness (QED) is 0.645. The van der Waals surface area contributed by atoms with Gasteiger partial charge in [0.15, 0.2) is 0 Å². The highest BCUT2D eigenvalue weighted by Gasteiger charge is 2.74. The fraction of sp³-hybridized carbons (Fsp3) is 0.889. The predicted molar refractivity (Wildman–Crippen MR) is 44.7 cm³/mol. The molecule has 0 heterocycles. The van der Waals surface area contributed by atoms with Crippen molar-refractivity contribution in [2.75, 3.05) is 6.61 Å². The lowest BCUT2D eigenvalue weighted by Gasteiger charge is -2.13. The number of fused-ring (bicyclic) bond motifs is 1. The van der Waals surface area contributed by atoms with Crippen molar-refractivity contribution in [3.8, 4) is 0 Å². The van der Waals surface area contributed by atoms with Gasteiger partial charge in [-0.2, -0.15) is 0 Å². The second kappa shape index (κ2) is 2.67. The summed E-state index contributed by atoms with van der Waals surface area (Å²) in [5.41, 5.74) is 3.94. The second-order valence-corrected chi connectivity index (χ2v) is 3.93. The van der Waals surface area contributed by atoms with E-state index >= 15 is 0 Å². The topological polar surface area (TPSA) is 52.3 Å². The number of alkyl halides is 1. The smallest absolute Gasteiger partial charge is 0.344 e. The first kappa shape index (κ1) is 8.94. The van der Waals surface area contributed by atoms with Crippen molar-refractivity contribution < 1.29 is 13.9 Å². The molecule has 3 nitrogen and oxygen atoms in total. The minimum Gasteiger partial charge on any atom is -0.464 e. The van der Waals surface area contributed by atoms with Crippen LogP contribution in [0.5, 0.6) is 0 Å². The van der Waals surface area contributed by atoms with E-state index in [2.05, 4.69) is 4.74 Å². The Morgan fingerprint density at radius 2 is 2.15 bits per heavy atom. The van der Waals surface area contributed by atoms with Gasteiger partial charge in [0, 0.05) is 17.9 Å². The molecule has 2 aliphatic rings. The molecule has 74 valence electrons. The molecule has 13 heavy (non-hydrogen) atoms. The molecule has 0 aromatic rings. The van der Waals surface area contributed by atoms with Crippen LogP contribution >= 0.6 is 0 Å². The molecule has 0 amide bonds. The average molecular weight is 187 g/mol. The van der Waals surface area contributed by atoms with E-state index in [9.17, 15) is 9.18 Å². The van der Waals surface area contributed by atoms with E-state index in [1.807, 2.05) is 0 Å². The molecule has 2 N–H and O–H groups in total. The van der Waals surface area contributed by atoms with E-state index in [1.165, 1.54) is 0 Å². The molecule has 0 saturated heterocycles. The van der Waals surface area contributed by atoms with E-state index in [-0.39, 0.29) is 24.5 Å². The van der Waals surface area contributed by atoms with Crippen LogP contribution in [0.4, 0.5) is 4.39 Å². The molecule has 0 unspecified atom stereocenters. The molecule has 0 bridgehead atoms. The van der Waals surface area contributed by atoms with Gasteiger partial charge in [0.1, 0.15) is 0 Å².